The van der Waals surface area contributed by atoms with E-state index in [1.54, 1.807) is 6.07 Å². The SMILES string of the molecule is Cc1cc(/C=N\NC(=O)C(=O)Nc2cccc3ccccc23)c(C)n1-c1ccc(Cl)cc1. The zero-order valence-electron chi connectivity index (χ0n) is 17.6. The number of rotatable bonds is 4. The van der Waals surface area contributed by atoms with Crippen molar-refractivity contribution in [2.45, 2.75) is 13.8 Å². The van der Waals surface area contributed by atoms with Crippen LogP contribution >= 0.6 is 11.6 Å². The van der Waals surface area contributed by atoms with Gasteiger partial charge in [0, 0.05) is 38.7 Å². The molecule has 0 saturated heterocycles. The topological polar surface area (TPSA) is 75.5 Å². The molecule has 7 heteroatoms. The van der Waals surface area contributed by atoms with E-state index in [9.17, 15) is 9.59 Å². The first kappa shape index (κ1) is 21.3. The summed E-state index contributed by atoms with van der Waals surface area (Å²) in [4.78, 5) is 24.6. The van der Waals surface area contributed by atoms with Gasteiger partial charge in [-0.2, -0.15) is 5.10 Å². The Labute approximate surface area is 190 Å². The van der Waals surface area contributed by atoms with E-state index in [2.05, 4.69) is 20.4 Å². The van der Waals surface area contributed by atoms with Gasteiger partial charge in [0.2, 0.25) is 0 Å². The van der Waals surface area contributed by atoms with Crippen LogP contribution in [0.2, 0.25) is 5.02 Å². The first-order valence-corrected chi connectivity index (χ1v) is 10.4. The van der Waals surface area contributed by atoms with E-state index in [4.69, 9.17) is 11.6 Å². The van der Waals surface area contributed by atoms with Gasteiger partial charge in [-0.3, -0.25) is 9.59 Å². The second-order valence-corrected chi connectivity index (χ2v) is 7.75. The molecule has 1 aromatic heterocycles. The molecule has 3 aromatic carbocycles. The number of carbonyl (C=O) groups excluding carboxylic acids is 2. The van der Waals surface area contributed by atoms with E-state index in [0.717, 1.165) is 33.4 Å². The Balaban J connectivity index is 1.45. The molecule has 4 rings (SSSR count). The third kappa shape index (κ3) is 4.40. The Morgan fingerprint density at radius 3 is 2.44 bits per heavy atom. The van der Waals surface area contributed by atoms with E-state index in [-0.39, 0.29) is 0 Å². The average molecular weight is 445 g/mol. The molecule has 2 amide bonds. The predicted octanol–water partition coefficient (Wildman–Crippen LogP) is 4.99. The fourth-order valence-electron chi connectivity index (χ4n) is 3.63. The Morgan fingerprint density at radius 2 is 1.66 bits per heavy atom. The van der Waals surface area contributed by atoms with Crippen molar-refractivity contribution in [2.75, 3.05) is 5.32 Å². The summed E-state index contributed by atoms with van der Waals surface area (Å²) in [6.07, 6.45) is 1.53. The van der Waals surface area contributed by atoms with E-state index < -0.39 is 11.8 Å². The van der Waals surface area contributed by atoms with Crippen LogP contribution in [0.5, 0.6) is 0 Å². The molecule has 6 nitrogen and oxygen atoms in total. The number of hydrogen-bond acceptors (Lipinski definition) is 3. The summed E-state index contributed by atoms with van der Waals surface area (Å²) >= 11 is 5.98. The Morgan fingerprint density at radius 1 is 0.938 bits per heavy atom. The van der Waals surface area contributed by atoms with Crippen molar-refractivity contribution < 1.29 is 9.59 Å². The lowest BCUT2D eigenvalue weighted by atomic mass is 10.1. The third-order valence-electron chi connectivity index (χ3n) is 5.17. The van der Waals surface area contributed by atoms with Gasteiger partial charge in [-0.15, -0.1) is 0 Å². The lowest BCUT2D eigenvalue weighted by molar-refractivity contribution is -0.136. The number of halogens is 1. The fourth-order valence-corrected chi connectivity index (χ4v) is 3.76. The van der Waals surface area contributed by atoms with Crippen LogP contribution in [0.15, 0.2) is 77.9 Å². The van der Waals surface area contributed by atoms with Crippen LogP contribution in [0.25, 0.3) is 16.5 Å². The van der Waals surface area contributed by atoms with Crippen LogP contribution in [0.1, 0.15) is 17.0 Å². The minimum Gasteiger partial charge on any atom is -0.318 e. The summed E-state index contributed by atoms with van der Waals surface area (Å²) in [7, 11) is 0. The highest BCUT2D eigenvalue weighted by Crippen LogP contribution is 2.23. The van der Waals surface area contributed by atoms with Gasteiger partial charge in [-0.25, -0.2) is 5.43 Å². The standard InChI is InChI=1S/C25H21ClN4O2/c1-16-14-19(17(2)30(16)21-12-10-20(26)11-13-21)15-27-29-25(32)24(31)28-23-9-5-7-18-6-3-4-8-22(18)23/h3-15H,1-2H3,(H,28,31)(H,29,32)/b27-15-. The third-order valence-corrected chi connectivity index (χ3v) is 5.42. The molecule has 4 aromatic rings. The molecule has 0 aliphatic heterocycles. The maximum atomic E-state index is 12.3. The minimum atomic E-state index is -0.847. The second-order valence-electron chi connectivity index (χ2n) is 7.32. The van der Waals surface area contributed by atoms with Gasteiger partial charge in [0.1, 0.15) is 0 Å². The van der Waals surface area contributed by atoms with Crippen molar-refractivity contribution in [3.63, 3.8) is 0 Å². The number of hydrazone groups is 1. The number of benzene rings is 3. The molecule has 0 spiro atoms. The minimum absolute atomic E-state index is 0.568. The molecule has 0 saturated carbocycles. The molecular formula is C25H21ClN4O2. The zero-order valence-corrected chi connectivity index (χ0v) is 18.4. The van der Waals surface area contributed by atoms with Crippen molar-refractivity contribution in [3.05, 3.63) is 94.8 Å². The number of aromatic nitrogens is 1. The van der Waals surface area contributed by atoms with Crippen LogP contribution in [0.4, 0.5) is 5.69 Å². The number of carbonyl (C=O) groups is 2. The maximum absolute atomic E-state index is 12.3. The number of nitrogens with one attached hydrogen (secondary N) is 2. The van der Waals surface area contributed by atoms with Gasteiger partial charge in [0.15, 0.2) is 0 Å². The quantitative estimate of drug-likeness (QED) is 0.264. The van der Waals surface area contributed by atoms with Crippen molar-refractivity contribution in [1.82, 2.24) is 9.99 Å². The van der Waals surface area contributed by atoms with Crippen LogP contribution in [0, 0.1) is 13.8 Å². The van der Waals surface area contributed by atoms with Gasteiger partial charge in [-0.1, -0.05) is 48.0 Å². The number of hydrogen-bond donors (Lipinski definition) is 2. The first-order valence-electron chi connectivity index (χ1n) is 10.0. The Hall–Kier alpha value is -3.90. The molecule has 2 N–H and O–H groups in total. The molecule has 160 valence electrons. The summed E-state index contributed by atoms with van der Waals surface area (Å²) in [6.45, 7) is 3.94. The molecule has 0 unspecified atom stereocenters. The molecule has 0 radical (unpaired) electrons. The normalized spacial score (nSPS) is 11.1. The molecule has 32 heavy (non-hydrogen) atoms. The van der Waals surface area contributed by atoms with E-state index >= 15 is 0 Å². The highest BCUT2D eigenvalue weighted by Gasteiger charge is 2.15. The van der Waals surface area contributed by atoms with Crippen LogP contribution < -0.4 is 10.7 Å². The number of anilines is 1. The Kier molecular flexibility index (Phi) is 6.05. The van der Waals surface area contributed by atoms with E-state index in [0.29, 0.717) is 10.7 Å². The molecule has 0 atom stereocenters. The summed E-state index contributed by atoms with van der Waals surface area (Å²) in [5.41, 5.74) is 6.62. The molecule has 0 aliphatic carbocycles. The average Bonchev–Trinajstić information content (AvgIpc) is 3.07. The van der Waals surface area contributed by atoms with Crippen LogP contribution in [0.3, 0.4) is 0 Å². The maximum Gasteiger partial charge on any atom is 0.329 e. The van der Waals surface area contributed by atoms with E-state index in [1.807, 2.05) is 80.6 Å². The summed E-state index contributed by atoms with van der Waals surface area (Å²) in [6, 6.07) is 22.6. The lowest BCUT2D eigenvalue weighted by Gasteiger charge is -2.09. The number of fused-ring (bicyclic) bond motifs is 1. The van der Waals surface area contributed by atoms with Crippen molar-refractivity contribution in [3.8, 4) is 5.69 Å². The van der Waals surface area contributed by atoms with Gasteiger partial charge in [0.05, 0.1) is 6.21 Å². The van der Waals surface area contributed by atoms with Crippen LogP contribution in [-0.4, -0.2) is 22.6 Å². The molecule has 0 fully saturated rings. The van der Waals surface area contributed by atoms with Crippen LogP contribution in [-0.2, 0) is 9.59 Å². The predicted molar refractivity (Wildman–Crippen MR) is 129 cm³/mol. The second kappa shape index (κ2) is 9.08. The highest BCUT2D eigenvalue weighted by atomic mass is 35.5. The summed E-state index contributed by atoms with van der Waals surface area (Å²) in [5, 5.41) is 9.11. The summed E-state index contributed by atoms with van der Waals surface area (Å²) < 4.78 is 2.06. The number of amides is 2. The molecular weight excluding hydrogens is 424 g/mol. The van der Waals surface area contributed by atoms with Crippen molar-refractivity contribution in [1.29, 1.82) is 0 Å². The molecule has 0 aliphatic rings. The van der Waals surface area contributed by atoms with Gasteiger partial charge in [-0.05, 0) is 55.6 Å². The van der Waals surface area contributed by atoms with Crippen molar-refractivity contribution >= 4 is 46.1 Å². The zero-order chi connectivity index (χ0) is 22.7. The van der Waals surface area contributed by atoms with E-state index in [1.165, 1.54) is 6.21 Å². The van der Waals surface area contributed by atoms with Gasteiger partial charge >= 0.3 is 11.8 Å². The van der Waals surface area contributed by atoms with Crippen molar-refractivity contribution in [2.24, 2.45) is 5.10 Å². The first-order chi connectivity index (χ1) is 15.4. The monoisotopic (exact) mass is 444 g/mol. The van der Waals surface area contributed by atoms with Gasteiger partial charge < -0.3 is 9.88 Å². The largest absolute Gasteiger partial charge is 0.329 e. The fraction of sp³-hybridized carbons (Fsp3) is 0.0800. The lowest BCUT2D eigenvalue weighted by Crippen LogP contribution is -2.32. The Bertz CT molecular complexity index is 1330. The molecule has 1 heterocycles. The highest BCUT2D eigenvalue weighted by molar-refractivity contribution is 6.40. The smallest absolute Gasteiger partial charge is 0.318 e. The number of nitrogens with zero attached hydrogens (tertiary/aromatic N) is 2. The molecule has 0 bridgehead atoms. The summed E-state index contributed by atoms with van der Waals surface area (Å²) in [5.74, 6) is -1.63. The van der Waals surface area contributed by atoms with Gasteiger partial charge in [0.25, 0.3) is 0 Å². The number of aryl methyl sites for hydroxylation is 1.